The second kappa shape index (κ2) is 7.60. The van der Waals surface area contributed by atoms with Crippen LogP contribution < -0.4 is 5.73 Å². The van der Waals surface area contributed by atoms with E-state index in [2.05, 4.69) is 18.9 Å². The van der Waals surface area contributed by atoms with Crippen molar-refractivity contribution in [3.05, 3.63) is 11.8 Å². The Morgan fingerprint density at radius 1 is 1.36 bits per heavy atom. The lowest BCUT2D eigenvalue weighted by molar-refractivity contribution is -0.0170. The van der Waals surface area contributed by atoms with E-state index in [0.29, 0.717) is 5.71 Å². The van der Waals surface area contributed by atoms with Crippen LogP contribution in [0.5, 0.6) is 0 Å². The van der Waals surface area contributed by atoms with Gasteiger partial charge < -0.3 is 21.1 Å². The summed E-state index contributed by atoms with van der Waals surface area (Å²) in [6, 6.07) is 0. The number of nitrogens with one attached hydrogen (secondary N) is 1. The summed E-state index contributed by atoms with van der Waals surface area (Å²) in [6.45, 7) is 3.95. The molecule has 2 aliphatic carbocycles. The minimum absolute atomic E-state index is 0.0875. The monoisotopic (exact) mass is 307 g/mol. The van der Waals surface area contributed by atoms with Crippen LogP contribution in [0.4, 0.5) is 0 Å². The summed E-state index contributed by atoms with van der Waals surface area (Å²) >= 11 is 0. The predicted molar refractivity (Wildman–Crippen MR) is 92.0 cm³/mol. The van der Waals surface area contributed by atoms with Gasteiger partial charge in [0.1, 0.15) is 0 Å². The Bertz CT molecular complexity index is 413. The second-order valence-electron chi connectivity index (χ2n) is 7.41. The molecule has 1 spiro atoms. The topological polar surface area (TPSA) is 73.3 Å². The first-order valence-corrected chi connectivity index (χ1v) is 8.88. The van der Waals surface area contributed by atoms with Crippen LogP contribution >= 0.6 is 0 Å². The third-order valence-corrected chi connectivity index (χ3v) is 5.75. The van der Waals surface area contributed by atoms with Crippen molar-refractivity contribution in [2.45, 2.75) is 64.4 Å². The van der Waals surface area contributed by atoms with Crippen molar-refractivity contribution in [2.75, 3.05) is 20.1 Å². The molecule has 4 N–H and O–H groups in total. The fraction of sp³-hybridized carbons (Fsp3) is 0.833. The number of hydrogen-bond donors (Lipinski definition) is 3. The molecule has 126 valence electrons. The maximum Gasteiger partial charge on any atom is 0.0596 e. The number of aliphatic hydroxyl groups is 1. The lowest BCUT2D eigenvalue weighted by atomic mass is 9.65. The Morgan fingerprint density at radius 3 is 2.64 bits per heavy atom. The maximum absolute atomic E-state index is 10.5. The number of hydrogen-bond acceptors (Lipinski definition) is 4. The van der Waals surface area contributed by atoms with Crippen LogP contribution in [0.2, 0.25) is 0 Å². The highest BCUT2D eigenvalue weighted by molar-refractivity contribution is 5.99. The van der Waals surface area contributed by atoms with E-state index in [1.54, 1.807) is 6.20 Å². The van der Waals surface area contributed by atoms with Crippen molar-refractivity contribution in [2.24, 2.45) is 17.1 Å². The van der Waals surface area contributed by atoms with Gasteiger partial charge in [-0.3, -0.25) is 0 Å². The average molecular weight is 307 g/mol. The van der Waals surface area contributed by atoms with Crippen LogP contribution in [0.3, 0.4) is 0 Å². The molecule has 4 heteroatoms. The summed E-state index contributed by atoms with van der Waals surface area (Å²) in [7, 11) is 2.09. The van der Waals surface area contributed by atoms with Crippen LogP contribution in [0, 0.1) is 16.7 Å². The van der Waals surface area contributed by atoms with E-state index >= 15 is 0 Å². The Hall–Kier alpha value is -0.870. The summed E-state index contributed by atoms with van der Waals surface area (Å²) in [5, 5.41) is 19.1. The van der Waals surface area contributed by atoms with Crippen molar-refractivity contribution in [3.63, 3.8) is 0 Å². The highest BCUT2D eigenvalue weighted by Gasteiger charge is 2.45. The van der Waals surface area contributed by atoms with Gasteiger partial charge in [-0.15, -0.1) is 0 Å². The highest BCUT2D eigenvalue weighted by atomic mass is 16.3. The van der Waals surface area contributed by atoms with E-state index in [1.807, 2.05) is 0 Å². The number of likely N-dealkylation sites (N-methyl/N-ethyl adjacent to an activating group) is 1. The van der Waals surface area contributed by atoms with Gasteiger partial charge in [0.25, 0.3) is 0 Å². The summed E-state index contributed by atoms with van der Waals surface area (Å²) in [6.07, 6.45) is 10.1. The summed E-state index contributed by atoms with van der Waals surface area (Å²) in [5.41, 5.74) is 7.58. The van der Waals surface area contributed by atoms with Crippen LogP contribution in [-0.2, 0) is 0 Å². The van der Waals surface area contributed by atoms with Gasteiger partial charge in [0.05, 0.1) is 6.10 Å². The fourth-order valence-electron chi connectivity index (χ4n) is 4.50. The Balaban J connectivity index is 2.02. The smallest absolute Gasteiger partial charge is 0.0596 e. The molecule has 0 radical (unpaired) electrons. The second-order valence-corrected chi connectivity index (χ2v) is 7.41. The number of nitrogens with zero attached hydrogens (tertiary/aromatic N) is 1. The fourth-order valence-corrected chi connectivity index (χ4v) is 4.50. The van der Waals surface area contributed by atoms with E-state index in [9.17, 15) is 5.11 Å². The molecule has 2 aliphatic rings. The molecule has 0 aromatic carbocycles. The standard InChI is InChI=1S/C18H33N3O/c1-3-10-21(2)13-15(12-19)17(20)14-6-7-16(22)18(11-14)8-4-5-9-18/h12,14,16,20,22H,3-11,13,19H2,1-2H3/b15-12-,20-17?/t14-,16+/m1/s1. The SMILES string of the molecule is CCCN(C)C/C(=C/N)C(=N)[C@@H]1CC[C@H](O)C2(CCCC2)C1. The number of aliphatic hydroxyl groups excluding tert-OH is 1. The molecule has 0 heterocycles. The number of nitrogens with two attached hydrogens (primary N) is 1. The van der Waals surface area contributed by atoms with Crippen molar-refractivity contribution in [3.8, 4) is 0 Å². The molecule has 2 saturated carbocycles. The minimum atomic E-state index is -0.160. The summed E-state index contributed by atoms with van der Waals surface area (Å²) in [4.78, 5) is 2.23. The summed E-state index contributed by atoms with van der Waals surface area (Å²) < 4.78 is 0. The molecular weight excluding hydrogens is 274 g/mol. The van der Waals surface area contributed by atoms with E-state index in [0.717, 1.165) is 57.2 Å². The predicted octanol–water partition coefficient (Wildman–Crippen LogP) is 2.91. The van der Waals surface area contributed by atoms with Crippen LogP contribution in [-0.4, -0.2) is 42.0 Å². The zero-order chi connectivity index (χ0) is 16.2. The molecule has 0 amide bonds. The average Bonchev–Trinajstić information content (AvgIpc) is 2.97. The van der Waals surface area contributed by atoms with Crippen LogP contribution in [0.1, 0.15) is 58.3 Å². The first kappa shape index (κ1) is 17.5. The van der Waals surface area contributed by atoms with E-state index in [-0.39, 0.29) is 17.4 Å². The third-order valence-electron chi connectivity index (χ3n) is 5.75. The van der Waals surface area contributed by atoms with Crippen molar-refractivity contribution < 1.29 is 5.11 Å². The Labute approximate surface area is 135 Å². The van der Waals surface area contributed by atoms with E-state index < -0.39 is 0 Å². The molecule has 22 heavy (non-hydrogen) atoms. The molecular formula is C18H33N3O. The van der Waals surface area contributed by atoms with Gasteiger partial charge in [0.15, 0.2) is 0 Å². The number of rotatable bonds is 6. The van der Waals surface area contributed by atoms with Crippen molar-refractivity contribution >= 4 is 5.71 Å². The normalized spacial score (nSPS) is 28.5. The lowest BCUT2D eigenvalue weighted by Gasteiger charge is -2.42. The molecule has 0 aromatic heterocycles. The molecule has 2 fully saturated rings. The van der Waals surface area contributed by atoms with Gasteiger partial charge in [0, 0.05) is 29.9 Å². The van der Waals surface area contributed by atoms with Gasteiger partial charge in [0.2, 0.25) is 0 Å². The van der Waals surface area contributed by atoms with Gasteiger partial charge in [-0.1, -0.05) is 19.8 Å². The first-order valence-electron chi connectivity index (χ1n) is 8.88. The van der Waals surface area contributed by atoms with Crippen molar-refractivity contribution in [1.29, 1.82) is 5.41 Å². The molecule has 4 nitrogen and oxygen atoms in total. The van der Waals surface area contributed by atoms with Crippen LogP contribution in [0.25, 0.3) is 0 Å². The zero-order valence-electron chi connectivity index (χ0n) is 14.3. The minimum Gasteiger partial charge on any atom is -0.404 e. The van der Waals surface area contributed by atoms with Crippen LogP contribution in [0.15, 0.2) is 11.8 Å². The van der Waals surface area contributed by atoms with E-state index in [1.165, 1.54) is 12.8 Å². The Kier molecular flexibility index (Phi) is 6.04. The van der Waals surface area contributed by atoms with Gasteiger partial charge >= 0.3 is 0 Å². The highest BCUT2D eigenvalue weighted by Crippen LogP contribution is 2.51. The van der Waals surface area contributed by atoms with E-state index in [4.69, 9.17) is 11.1 Å². The molecule has 0 unspecified atom stereocenters. The first-order chi connectivity index (χ1) is 10.5. The third kappa shape index (κ3) is 3.72. The Morgan fingerprint density at radius 2 is 2.05 bits per heavy atom. The molecule has 0 bridgehead atoms. The molecule has 2 atom stereocenters. The maximum atomic E-state index is 10.5. The molecule has 0 aromatic rings. The zero-order valence-corrected chi connectivity index (χ0v) is 14.3. The largest absolute Gasteiger partial charge is 0.404 e. The quantitative estimate of drug-likeness (QED) is 0.661. The molecule has 2 rings (SSSR count). The van der Waals surface area contributed by atoms with Gasteiger partial charge in [-0.05, 0) is 57.5 Å². The lowest BCUT2D eigenvalue weighted by Crippen LogP contribution is -2.42. The van der Waals surface area contributed by atoms with Gasteiger partial charge in [-0.2, -0.15) is 0 Å². The molecule has 0 aliphatic heterocycles. The summed E-state index contributed by atoms with van der Waals surface area (Å²) in [5.74, 6) is 0.270. The molecule has 0 saturated heterocycles. The van der Waals surface area contributed by atoms with Gasteiger partial charge in [-0.25, -0.2) is 0 Å². The van der Waals surface area contributed by atoms with Crippen molar-refractivity contribution in [1.82, 2.24) is 4.90 Å².